The second kappa shape index (κ2) is 7.01. The van der Waals surface area contributed by atoms with Gasteiger partial charge in [-0.2, -0.15) is 0 Å². The first-order valence-electron chi connectivity index (χ1n) is 7.10. The van der Waals surface area contributed by atoms with E-state index in [2.05, 4.69) is 22.1 Å². The largest absolute Gasteiger partial charge is 0.347 e. The summed E-state index contributed by atoms with van der Waals surface area (Å²) in [6.07, 6.45) is 4.73. The van der Waals surface area contributed by atoms with Gasteiger partial charge in [0, 0.05) is 18.0 Å². The quantitative estimate of drug-likeness (QED) is 0.901. The molecule has 1 fully saturated rings. The van der Waals surface area contributed by atoms with Gasteiger partial charge >= 0.3 is 0 Å². The van der Waals surface area contributed by atoms with E-state index in [9.17, 15) is 4.79 Å². The zero-order chi connectivity index (χ0) is 13.7. The number of amides is 1. The minimum absolute atomic E-state index is 0.0308. The molecule has 1 saturated heterocycles. The predicted octanol–water partition coefficient (Wildman–Crippen LogP) is 2.44. The van der Waals surface area contributed by atoms with Crippen LogP contribution in [0.15, 0.2) is 11.6 Å². The summed E-state index contributed by atoms with van der Waals surface area (Å²) < 4.78 is 0. The predicted molar refractivity (Wildman–Crippen MR) is 78.1 cm³/mol. The maximum Gasteiger partial charge on any atom is 0.220 e. The molecule has 2 heterocycles. The molecular weight excluding hydrogens is 258 g/mol. The van der Waals surface area contributed by atoms with Gasteiger partial charge < -0.3 is 10.2 Å². The van der Waals surface area contributed by atoms with Gasteiger partial charge in [-0.05, 0) is 45.3 Å². The molecule has 1 atom stereocenters. The number of aromatic nitrogens is 1. The minimum Gasteiger partial charge on any atom is -0.347 e. The summed E-state index contributed by atoms with van der Waals surface area (Å²) >= 11 is 1.59. The highest BCUT2D eigenvalue weighted by Crippen LogP contribution is 2.21. The normalized spacial score (nSPS) is 19.3. The maximum atomic E-state index is 12.0. The van der Waals surface area contributed by atoms with Gasteiger partial charge in [0.2, 0.25) is 5.91 Å². The second-order valence-corrected chi connectivity index (χ2v) is 6.17. The van der Waals surface area contributed by atoms with Crippen molar-refractivity contribution in [2.75, 3.05) is 19.6 Å². The van der Waals surface area contributed by atoms with Crippen molar-refractivity contribution in [1.29, 1.82) is 0 Å². The summed E-state index contributed by atoms with van der Waals surface area (Å²) in [4.78, 5) is 18.7. The van der Waals surface area contributed by atoms with Gasteiger partial charge in [0.05, 0.1) is 6.04 Å². The highest BCUT2D eigenvalue weighted by Gasteiger charge is 2.21. The Balaban J connectivity index is 1.73. The second-order valence-electron chi connectivity index (χ2n) is 5.24. The molecule has 0 radical (unpaired) electrons. The molecule has 5 heteroatoms. The van der Waals surface area contributed by atoms with Crippen LogP contribution in [0, 0.1) is 5.92 Å². The summed E-state index contributed by atoms with van der Waals surface area (Å²) in [6.45, 7) is 7.59. The van der Waals surface area contributed by atoms with E-state index >= 15 is 0 Å². The zero-order valence-electron chi connectivity index (χ0n) is 11.8. The van der Waals surface area contributed by atoms with Crippen LogP contribution in [0.5, 0.6) is 0 Å². The van der Waals surface area contributed by atoms with E-state index in [1.807, 2.05) is 12.3 Å². The highest BCUT2D eigenvalue weighted by atomic mass is 32.1. The van der Waals surface area contributed by atoms with Crippen molar-refractivity contribution in [3.05, 3.63) is 16.6 Å². The summed E-state index contributed by atoms with van der Waals surface area (Å²) in [5, 5.41) is 5.97. The molecule has 106 valence electrons. The molecule has 0 aliphatic carbocycles. The lowest BCUT2D eigenvalue weighted by molar-refractivity contribution is -0.123. The lowest BCUT2D eigenvalue weighted by Gasteiger charge is -2.30. The van der Waals surface area contributed by atoms with Crippen molar-refractivity contribution in [2.45, 2.75) is 39.2 Å². The summed E-state index contributed by atoms with van der Waals surface area (Å²) in [7, 11) is 0. The Morgan fingerprint density at radius 3 is 2.89 bits per heavy atom. The monoisotopic (exact) mass is 281 g/mol. The van der Waals surface area contributed by atoms with Crippen LogP contribution in [0.2, 0.25) is 0 Å². The van der Waals surface area contributed by atoms with Crippen LogP contribution in [0.4, 0.5) is 0 Å². The van der Waals surface area contributed by atoms with Crippen molar-refractivity contribution in [3.63, 3.8) is 0 Å². The molecule has 0 spiro atoms. The maximum absolute atomic E-state index is 12.0. The fourth-order valence-corrected chi connectivity index (χ4v) is 3.23. The van der Waals surface area contributed by atoms with E-state index in [1.165, 1.54) is 0 Å². The molecule has 1 N–H and O–H groups in total. The van der Waals surface area contributed by atoms with Crippen molar-refractivity contribution in [3.8, 4) is 0 Å². The Morgan fingerprint density at radius 2 is 2.32 bits per heavy atom. The van der Waals surface area contributed by atoms with Gasteiger partial charge in [-0.15, -0.1) is 11.3 Å². The van der Waals surface area contributed by atoms with Gasteiger partial charge in [0.25, 0.3) is 0 Å². The molecule has 0 unspecified atom stereocenters. The number of thiazole rings is 1. The van der Waals surface area contributed by atoms with Crippen molar-refractivity contribution in [2.24, 2.45) is 5.92 Å². The lowest BCUT2D eigenvalue weighted by atomic mass is 9.93. The molecule has 0 bridgehead atoms. The standard InChI is InChI=1S/C14H23N3OS/c1-3-17-7-4-12(5-8-17)10-13(18)16-11(2)14-15-6-9-19-14/h6,9,11-12H,3-5,7-8,10H2,1-2H3,(H,16,18)/t11-/m0/s1. The van der Waals surface area contributed by atoms with Crippen LogP contribution >= 0.6 is 11.3 Å². The van der Waals surface area contributed by atoms with E-state index in [-0.39, 0.29) is 11.9 Å². The summed E-state index contributed by atoms with van der Waals surface area (Å²) in [5.41, 5.74) is 0. The van der Waals surface area contributed by atoms with Crippen LogP contribution in [-0.2, 0) is 4.79 Å². The van der Waals surface area contributed by atoms with Crippen LogP contribution in [0.25, 0.3) is 0 Å². The molecular formula is C14H23N3OS. The molecule has 1 amide bonds. The minimum atomic E-state index is 0.0308. The van der Waals surface area contributed by atoms with Gasteiger partial charge in [-0.25, -0.2) is 4.98 Å². The third-order valence-corrected chi connectivity index (χ3v) is 4.79. The highest BCUT2D eigenvalue weighted by molar-refractivity contribution is 7.09. The Labute approximate surface area is 119 Å². The number of likely N-dealkylation sites (tertiary alicyclic amines) is 1. The number of nitrogens with one attached hydrogen (secondary N) is 1. The fraction of sp³-hybridized carbons (Fsp3) is 0.714. The first-order valence-corrected chi connectivity index (χ1v) is 7.98. The van der Waals surface area contributed by atoms with E-state index in [4.69, 9.17) is 0 Å². The van der Waals surface area contributed by atoms with E-state index in [1.54, 1.807) is 17.5 Å². The third-order valence-electron chi connectivity index (χ3n) is 3.83. The number of carbonyl (C=O) groups excluding carboxylic acids is 1. The summed E-state index contributed by atoms with van der Waals surface area (Å²) in [6, 6.07) is 0.0308. The fourth-order valence-electron chi connectivity index (χ4n) is 2.58. The van der Waals surface area contributed by atoms with E-state index < -0.39 is 0 Å². The number of nitrogens with zero attached hydrogens (tertiary/aromatic N) is 2. The number of hydrogen-bond donors (Lipinski definition) is 1. The van der Waals surface area contributed by atoms with Gasteiger partial charge in [-0.3, -0.25) is 4.79 Å². The number of carbonyl (C=O) groups is 1. The molecule has 1 aromatic rings. The van der Waals surface area contributed by atoms with E-state index in [0.717, 1.165) is 37.5 Å². The van der Waals surface area contributed by atoms with Crippen LogP contribution < -0.4 is 5.32 Å². The van der Waals surface area contributed by atoms with Crippen molar-refractivity contribution in [1.82, 2.24) is 15.2 Å². The molecule has 4 nitrogen and oxygen atoms in total. The smallest absolute Gasteiger partial charge is 0.220 e. The number of piperidine rings is 1. The Kier molecular flexibility index (Phi) is 5.34. The Bertz CT molecular complexity index is 385. The molecule has 2 rings (SSSR count). The SMILES string of the molecule is CCN1CCC(CC(=O)N[C@@H](C)c2nccs2)CC1. The number of hydrogen-bond acceptors (Lipinski definition) is 4. The van der Waals surface area contributed by atoms with Gasteiger partial charge in [0.1, 0.15) is 5.01 Å². The Hall–Kier alpha value is -0.940. The van der Waals surface area contributed by atoms with E-state index in [0.29, 0.717) is 12.3 Å². The van der Waals surface area contributed by atoms with Gasteiger partial charge in [-0.1, -0.05) is 6.92 Å². The molecule has 1 aliphatic rings. The third kappa shape index (κ3) is 4.28. The van der Waals surface area contributed by atoms with Crippen LogP contribution in [0.3, 0.4) is 0 Å². The number of rotatable bonds is 5. The molecule has 0 saturated carbocycles. The molecule has 19 heavy (non-hydrogen) atoms. The molecule has 1 aliphatic heterocycles. The molecule has 0 aromatic carbocycles. The molecule has 1 aromatic heterocycles. The first-order chi connectivity index (χ1) is 9.19. The van der Waals surface area contributed by atoms with Crippen LogP contribution in [0.1, 0.15) is 44.2 Å². The lowest BCUT2D eigenvalue weighted by Crippen LogP contribution is -2.36. The average Bonchev–Trinajstić information content (AvgIpc) is 2.93. The average molecular weight is 281 g/mol. The Morgan fingerprint density at radius 1 is 1.58 bits per heavy atom. The van der Waals surface area contributed by atoms with Crippen molar-refractivity contribution >= 4 is 17.2 Å². The van der Waals surface area contributed by atoms with Gasteiger partial charge in [0.15, 0.2) is 0 Å². The first kappa shape index (κ1) is 14.5. The van der Waals surface area contributed by atoms with Crippen molar-refractivity contribution < 1.29 is 4.79 Å². The topological polar surface area (TPSA) is 45.2 Å². The summed E-state index contributed by atoms with van der Waals surface area (Å²) in [5.74, 6) is 0.712. The van der Waals surface area contributed by atoms with Crippen LogP contribution in [-0.4, -0.2) is 35.4 Å². The zero-order valence-corrected chi connectivity index (χ0v) is 12.6.